The Morgan fingerprint density at radius 2 is 1.73 bits per heavy atom. The summed E-state index contributed by atoms with van der Waals surface area (Å²) in [5.41, 5.74) is 0.865. The van der Waals surface area contributed by atoms with Crippen LogP contribution in [0.3, 0.4) is 0 Å². The lowest BCUT2D eigenvalue weighted by Crippen LogP contribution is -2.51. The fraction of sp³-hybridized carbons (Fsp3) is 0.444. The van der Waals surface area contributed by atoms with Gasteiger partial charge in [-0.3, -0.25) is 9.78 Å². The summed E-state index contributed by atoms with van der Waals surface area (Å²) in [6.45, 7) is 9.22. The van der Waals surface area contributed by atoms with Gasteiger partial charge in [-0.1, -0.05) is 45.0 Å². The second-order valence-electron chi connectivity index (χ2n) is 6.91. The highest BCUT2D eigenvalue weighted by atomic mass is 16.2. The highest BCUT2D eigenvalue weighted by Gasteiger charge is 2.29. The fourth-order valence-corrected chi connectivity index (χ4v) is 2.98. The number of amides is 1. The molecule has 116 valence electrons. The van der Waals surface area contributed by atoms with Crippen molar-refractivity contribution in [3.05, 3.63) is 36.7 Å². The van der Waals surface area contributed by atoms with Gasteiger partial charge in [0.2, 0.25) is 5.91 Å². The third kappa shape index (κ3) is 2.78. The van der Waals surface area contributed by atoms with Crippen molar-refractivity contribution in [2.24, 2.45) is 5.41 Å². The minimum absolute atomic E-state index is 0.239. The molecule has 0 spiro atoms. The minimum atomic E-state index is -0.302. The van der Waals surface area contributed by atoms with E-state index in [9.17, 15) is 4.79 Å². The number of aromatic nitrogens is 1. The average molecular weight is 297 g/mol. The van der Waals surface area contributed by atoms with E-state index in [1.165, 1.54) is 11.1 Å². The van der Waals surface area contributed by atoms with Crippen LogP contribution in [0.4, 0.5) is 5.69 Å². The van der Waals surface area contributed by atoms with Crippen molar-refractivity contribution in [2.75, 3.05) is 31.1 Å². The monoisotopic (exact) mass is 297 g/mol. The molecule has 1 amide bonds. The molecule has 0 bridgehead atoms. The van der Waals surface area contributed by atoms with E-state index in [0.29, 0.717) is 0 Å². The molecule has 0 N–H and O–H groups in total. The molecule has 3 rings (SSSR count). The molecule has 1 fully saturated rings. The number of nitrogens with zero attached hydrogens (tertiary/aromatic N) is 3. The molecule has 2 heterocycles. The molecule has 1 aromatic heterocycles. The number of carbonyl (C=O) groups is 1. The summed E-state index contributed by atoms with van der Waals surface area (Å²) in [6, 6.07) is 8.32. The minimum Gasteiger partial charge on any atom is -0.366 e. The fourth-order valence-electron chi connectivity index (χ4n) is 2.98. The lowest BCUT2D eigenvalue weighted by Gasteiger charge is -2.38. The van der Waals surface area contributed by atoms with Crippen LogP contribution in [0.2, 0.25) is 0 Å². The van der Waals surface area contributed by atoms with E-state index in [1.54, 1.807) is 0 Å². The Balaban J connectivity index is 1.78. The standard InChI is InChI=1S/C18H23N3O/c1-18(2,3)17(22)21-10-8-20(9-11-21)16-13-19-12-14-6-4-5-7-15(14)16/h4-7,12-13H,8-11H2,1-3H3. The average Bonchev–Trinajstić information content (AvgIpc) is 2.53. The first-order valence-electron chi connectivity index (χ1n) is 7.84. The maximum atomic E-state index is 12.4. The zero-order valence-electron chi connectivity index (χ0n) is 13.5. The molecule has 4 nitrogen and oxygen atoms in total. The van der Waals surface area contributed by atoms with Crippen LogP contribution in [-0.2, 0) is 4.79 Å². The van der Waals surface area contributed by atoms with Gasteiger partial charge in [0.15, 0.2) is 0 Å². The van der Waals surface area contributed by atoms with Crippen LogP contribution in [0.25, 0.3) is 10.8 Å². The summed E-state index contributed by atoms with van der Waals surface area (Å²) in [6.07, 6.45) is 3.84. The lowest BCUT2D eigenvalue weighted by molar-refractivity contribution is -0.139. The van der Waals surface area contributed by atoms with Gasteiger partial charge in [-0.25, -0.2) is 0 Å². The van der Waals surface area contributed by atoms with E-state index >= 15 is 0 Å². The molecule has 0 radical (unpaired) electrons. The first-order chi connectivity index (χ1) is 10.5. The van der Waals surface area contributed by atoms with E-state index in [1.807, 2.05) is 44.1 Å². The molecule has 1 aromatic carbocycles. The summed E-state index contributed by atoms with van der Waals surface area (Å²) in [7, 11) is 0. The van der Waals surface area contributed by atoms with Gasteiger partial charge in [0.1, 0.15) is 0 Å². The number of carbonyl (C=O) groups excluding carboxylic acids is 1. The van der Waals surface area contributed by atoms with Gasteiger partial charge in [0.25, 0.3) is 0 Å². The van der Waals surface area contributed by atoms with E-state index in [0.717, 1.165) is 31.6 Å². The second-order valence-corrected chi connectivity index (χ2v) is 6.91. The first-order valence-corrected chi connectivity index (χ1v) is 7.84. The Kier molecular flexibility index (Phi) is 3.77. The van der Waals surface area contributed by atoms with Crippen LogP contribution < -0.4 is 4.90 Å². The van der Waals surface area contributed by atoms with Gasteiger partial charge in [0, 0.05) is 48.6 Å². The largest absolute Gasteiger partial charge is 0.366 e. The summed E-state index contributed by atoms with van der Waals surface area (Å²) in [5.74, 6) is 0.239. The van der Waals surface area contributed by atoms with Crippen LogP contribution >= 0.6 is 0 Å². The van der Waals surface area contributed by atoms with Crippen LogP contribution in [0.1, 0.15) is 20.8 Å². The number of pyridine rings is 1. The Hall–Kier alpha value is -2.10. The van der Waals surface area contributed by atoms with Crippen molar-refractivity contribution in [1.29, 1.82) is 0 Å². The molecule has 1 aliphatic rings. The number of benzene rings is 1. The molecule has 0 aliphatic carbocycles. The van der Waals surface area contributed by atoms with E-state index in [4.69, 9.17) is 0 Å². The SMILES string of the molecule is CC(C)(C)C(=O)N1CCN(c2cncc3ccccc23)CC1. The number of anilines is 1. The predicted octanol–water partition coefficient (Wildman–Crippen LogP) is 2.93. The quantitative estimate of drug-likeness (QED) is 0.812. The van der Waals surface area contributed by atoms with Gasteiger partial charge < -0.3 is 9.80 Å². The van der Waals surface area contributed by atoms with Gasteiger partial charge >= 0.3 is 0 Å². The molecule has 22 heavy (non-hydrogen) atoms. The number of fused-ring (bicyclic) bond motifs is 1. The number of hydrogen-bond acceptors (Lipinski definition) is 3. The summed E-state index contributed by atoms with van der Waals surface area (Å²) >= 11 is 0. The Labute approximate surface area is 131 Å². The molecule has 2 aromatic rings. The topological polar surface area (TPSA) is 36.4 Å². The molecular formula is C18H23N3O. The zero-order valence-corrected chi connectivity index (χ0v) is 13.5. The van der Waals surface area contributed by atoms with Gasteiger partial charge in [0.05, 0.1) is 11.9 Å². The maximum Gasteiger partial charge on any atom is 0.228 e. The first kappa shape index (κ1) is 14.8. The van der Waals surface area contributed by atoms with Crippen molar-refractivity contribution in [1.82, 2.24) is 9.88 Å². The Bertz CT molecular complexity index is 677. The smallest absolute Gasteiger partial charge is 0.228 e. The molecule has 0 atom stereocenters. The Morgan fingerprint density at radius 3 is 2.41 bits per heavy atom. The molecule has 0 unspecified atom stereocenters. The van der Waals surface area contributed by atoms with Crippen molar-refractivity contribution in [3.63, 3.8) is 0 Å². The molecule has 1 saturated heterocycles. The van der Waals surface area contributed by atoms with Gasteiger partial charge in [-0.15, -0.1) is 0 Å². The summed E-state index contributed by atoms with van der Waals surface area (Å²) in [5, 5.41) is 2.39. The number of rotatable bonds is 1. The van der Waals surface area contributed by atoms with E-state index in [2.05, 4.69) is 28.1 Å². The zero-order chi connectivity index (χ0) is 15.7. The molecular weight excluding hydrogens is 274 g/mol. The summed E-state index contributed by atoms with van der Waals surface area (Å²) < 4.78 is 0. The lowest BCUT2D eigenvalue weighted by atomic mass is 9.94. The molecule has 0 saturated carbocycles. The molecule has 4 heteroatoms. The number of hydrogen-bond donors (Lipinski definition) is 0. The third-order valence-electron chi connectivity index (χ3n) is 4.20. The predicted molar refractivity (Wildman–Crippen MR) is 90.0 cm³/mol. The van der Waals surface area contributed by atoms with Crippen molar-refractivity contribution < 1.29 is 4.79 Å². The third-order valence-corrected chi connectivity index (χ3v) is 4.20. The van der Waals surface area contributed by atoms with Crippen LogP contribution in [-0.4, -0.2) is 42.0 Å². The van der Waals surface area contributed by atoms with Crippen molar-refractivity contribution >= 4 is 22.4 Å². The number of piperazine rings is 1. The molecule has 1 aliphatic heterocycles. The normalized spacial score (nSPS) is 16.1. The Morgan fingerprint density at radius 1 is 1.05 bits per heavy atom. The van der Waals surface area contributed by atoms with Gasteiger partial charge in [-0.05, 0) is 0 Å². The second kappa shape index (κ2) is 5.59. The maximum absolute atomic E-state index is 12.4. The highest BCUT2D eigenvalue weighted by molar-refractivity contribution is 5.93. The van der Waals surface area contributed by atoms with Crippen molar-refractivity contribution in [2.45, 2.75) is 20.8 Å². The summed E-state index contributed by atoms with van der Waals surface area (Å²) in [4.78, 5) is 21.0. The highest BCUT2D eigenvalue weighted by Crippen LogP contribution is 2.27. The van der Waals surface area contributed by atoms with Gasteiger partial charge in [-0.2, -0.15) is 0 Å². The van der Waals surface area contributed by atoms with Crippen LogP contribution in [0.15, 0.2) is 36.7 Å². The van der Waals surface area contributed by atoms with E-state index < -0.39 is 0 Å². The van der Waals surface area contributed by atoms with E-state index in [-0.39, 0.29) is 11.3 Å². The van der Waals surface area contributed by atoms with Crippen LogP contribution in [0.5, 0.6) is 0 Å². The van der Waals surface area contributed by atoms with Crippen molar-refractivity contribution in [3.8, 4) is 0 Å². The van der Waals surface area contributed by atoms with Crippen LogP contribution in [0, 0.1) is 5.41 Å².